The summed E-state index contributed by atoms with van der Waals surface area (Å²) in [6.45, 7) is 2.54. The van der Waals surface area contributed by atoms with Gasteiger partial charge in [0.1, 0.15) is 22.9 Å². The third-order valence-electron chi connectivity index (χ3n) is 5.21. The van der Waals surface area contributed by atoms with Crippen LogP contribution in [0.3, 0.4) is 0 Å². The van der Waals surface area contributed by atoms with Gasteiger partial charge >= 0.3 is 5.97 Å². The Morgan fingerprint density at radius 1 is 1.16 bits per heavy atom. The maximum Gasteiger partial charge on any atom is 0.355 e. The van der Waals surface area contributed by atoms with Crippen molar-refractivity contribution in [3.05, 3.63) is 76.6 Å². The van der Waals surface area contributed by atoms with Crippen LogP contribution in [0, 0.1) is 0 Å². The molecule has 0 saturated heterocycles. The number of rotatable bonds is 8. The van der Waals surface area contributed by atoms with E-state index in [-0.39, 0.29) is 10.8 Å². The van der Waals surface area contributed by atoms with Crippen LogP contribution in [-0.2, 0) is 13.0 Å². The number of carbonyl (C=O) groups is 2. The zero-order chi connectivity index (χ0) is 22.0. The number of aromatic nitrogens is 4. The van der Waals surface area contributed by atoms with E-state index in [0.29, 0.717) is 29.1 Å². The summed E-state index contributed by atoms with van der Waals surface area (Å²) >= 11 is 6.16. The first-order valence-electron chi connectivity index (χ1n) is 10.0. The summed E-state index contributed by atoms with van der Waals surface area (Å²) in [5.41, 5.74) is 3.12. The first-order chi connectivity index (χ1) is 15.0. The summed E-state index contributed by atoms with van der Waals surface area (Å²) in [4.78, 5) is 32.3. The Labute approximate surface area is 183 Å². The minimum Gasteiger partial charge on any atom is -0.476 e. The molecule has 0 atom stereocenters. The van der Waals surface area contributed by atoms with Gasteiger partial charge in [-0.3, -0.25) is 9.20 Å². The van der Waals surface area contributed by atoms with Gasteiger partial charge in [0.25, 0.3) is 0 Å². The van der Waals surface area contributed by atoms with Crippen LogP contribution < -0.4 is 0 Å². The summed E-state index contributed by atoms with van der Waals surface area (Å²) < 4.78 is 3.41. The van der Waals surface area contributed by atoms with Crippen molar-refractivity contribution >= 4 is 29.5 Å². The number of hydrogen-bond acceptors (Lipinski definition) is 4. The second-order valence-corrected chi connectivity index (χ2v) is 7.61. The van der Waals surface area contributed by atoms with Crippen LogP contribution in [0.1, 0.15) is 52.1 Å². The molecule has 0 saturated carbocycles. The highest BCUT2D eigenvalue weighted by Gasteiger charge is 2.20. The van der Waals surface area contributed by atoms with Crippen LogP contribution in [0.4, 0.5) is 0 Å². The lowest BCUT2D eigenvalue weighted by Crippen LogP contribution is -2.09. The number of aryl methyl sites for hydroxylation is 1. The number of fused-ring (bicyclic) bond motifs is 1. The predicted molar refractivity (Wildman–Crippen MR) is 118 cm³/mol. The number of hydrogen-bond donors (Lipinski definition) is 1. The van der Waals surface area contributed by atoms with Crippen LogP contribution in [-0.4, -0.2) is 36.3 Å². The predicted octanol–water partition coefficient (Wildman–Crippen LogP) is 4.75. The molecule has 1 N–H and O–H groups in total. The molecule has 8 heteroatoms. The number of carbonyl (C=O) groups excluding carboxylic acids is 1. The molecule has 4 rings (SSSR count). The fourth-order valence-electron chi connectivity index (χ4n) is 3.65. The summed E-state index contributed by atoms with van der Waals surface area (Å²) in [5, 5.41) is 9.92. The number of nitrogens with zero attached hydrogens (tertiary/aromatic N) is 4. The fourth-order valence-corrected chi connectivity index (χ4v) is 3.89. The van der Waals surface area contributed by atoms with Gasteiger partial charge in [0.05, 0.1) is 0 Å². The number of unbranched alkanes of at least 4 members (excludes halogenated alkanes) is 1. The Bertz CT molecular complexity index is 1260. The normalized spacial score (nSPS) is 11.2. The number of aromatic carboxylic acids is 1. The molecule has 4 aromatic rings. The van der Waals surface area contributed by atoms with Gasteiger partial charge in [-0.25, -0.2) is 14.8 Å². The van der Waals surface area contributed by atoms with Crippen molar-refractivity contribution in [2.75, 3.05) is 0 Å². The maximum atomic E-state index is 11.9. The molecule has 0 aliphatic heterocycles. The number of pyridine rings is 1. The van der Waals surface area contributed by atoms with E-state index in [1.165, 1.54) is 0 Å². The summed E-state index contributed by atoms with van der Waals surface area (Å²) in [7, 11) is 0. The molecule has 3 heterocycles. The zero-order valence-corrected chi connectivity index (χ0v) is 17.7. The molecule has 158 valence electrons. The van der Waals surface area contributed by atoms with E-state index in [1.807, 2.05) is 34.9 Å². The minimum absolute atomic E-state index is 0.120. The van der Waals surface area contributed by atoms with Crippen molar-refractivity contribution in [1.29, 1.82) is 0 Å². The standard InChI is InChI=1S/C23H21ClN4O3/c1-2-3-6-19-26-22(24)17(14-29)28(19)13-15-8-10-16(11-9-15)20-21(23(30)31)27-12-5-4-7-18(27)25-20/h4-5,7-12,14H,2-3,6,13H2,1H3,(H,30,31). The van der Waals surface area contributed by atoms with E-state index in [9.17, 15) is 14.7 Å². The highest BCUT2D eigenvalue weighted by molar-refractivity contribution is 6.31. The summed E-state index contributed by atoms with van der Waals surface area (Å²) in [6.07, 6.45) is 5.13. The molecule has 0 radical (unpaired) electrons. The van der Waals surface area contributed by atoms with Gasteiger partial charge in [0.2, 0.25) is 0 Å². The number of carboxylic acid groups (broad SMARTS) is 1. The van der Waals surface area contributed by atoms with Crippen molar-refractivity contribution in [2.45, 2.75) is 32.7 Å². The van der Waals surface area contributed by atoms with Crippen molar-refractivity contribution in [3.63, 3.8) is 0 Å². The quantitative estimate of drug-likeness (QED) is 0.402. The topological polar surface area (TPSA) is 89.5 Å². The number of carboxylic acids is 1. The molecule has 0 fully saturated rings. The smallest absolute Gasteiger partial charge is 0.355 e. The number of imidazole rings is 2. The highest BCUT2D eigenvalue weighted by atomic mass is 35.5. The van der Waals surface area contributed by atoms with Gasteiger partial charge in [0.15, 0.2) is 17.1 Å². The van der Waals surface area contributed by atoms with Crippen molar-refractivity contribution in [3.8, 4) is 11.3 Å². The number of halogens is 1. The highest BCUT2D eigenvalue weighted by Crippen LogP contribution is 2.26. The molecule has 0 spiro atoms. The van der Waals surface area contributed by atoms with Gasteiger partial charge in [-0.2, -0.15) is 0 Å². The molecule has 0 aliphatic rings. The van der Waals surface area contributed by atoms with Crippen LogP contribution in [0.15, 0.2) is 48.7 Å². The van der Waals surface area contributed by atoms with Gasteiger partial charge in [0, 0.05) is 24.7 Å². The van der Waals surface area contributed by atoms with Crippen molar-refractivity contribution in [1.82, 2.24) is 18.9 Å². The van der Waals surface area contributed by atoms with Crippen molar-refractivity contribution < 1.29 is 14.7 Å². The third kappa shape index (κ3) is 3.96. The largest absolute Gasteiger partial charge is 0.476 e. The second-order valence-electron chi connectivity index (χ2n) is 7.25. The Hall–Kier alpha value is -3.45. The first-order valence-corrected chi connectivity index (χ1v) is 10.4. The van der Waals surface area contributed by atoms with Gasteiger partial charge in [-0.15, -0.1) is 0 Å². The average molecular weight is 437 g/mol. The zero-order valence-electron chi connectivity index (χ0n) is 17.0. The molecule has 0 bridgehead atoms. The fraction of sp³-hybridized carbons (Fsp3) is 0.217. The van der Waals surface area contributed by atoms with E-state index < -0.39 is 5.97 Å². The molecular weight excluding hydrogens is 416 g/mol. The van der Waals surface area contributed by atoms with E-state index in [2.05, 4.69) is 16.9 Å². The third-order valence-corrected chi connectivity index (χ3v) is 5.49. The van der Waals surface area contributed by atoms with E-state index in [4.69, 9.17) is 11.6 Å². The Kier molecular flexibility index (Phi) is 5.86. The Morgan fingerprint density at radius 2 is 1.94 bits per heavy atom. The van der Waals surface area contributed by atoms with Crippen LogP contribution in [0.5, 0.6) is 0 Å². The molecule has 7 nitrogen and oxygen atoms in total. The minimum atomic E-state index is -1.04. The maximum absolute atomic E-state index is 11.9. The summed E-state index contributed by atoms with van der Waals surface area (Å²) in [5.74, 6) is -0.256. The average Bonchev–Trinajstić information content (AvgIpc) is 3.30. The second kappa shape index (κ2) is 8.73. The lowest BCUT2D eigenvalue weighted by atomic mass is 10.1. The van der Waals surface area contributed by atoms with Crippen molar-refractivity contribution in [2.24, 2.45) is 0 Å². The van der Waals surface area contributed by atoms with Gasteiger partial charge < -0.3 is 9.67 Å². The van der Waals surface area contributed by atoms with Crippen LogP contribution in [0.2, 0.25) is 5.15 Å². The Balaban J connectivity index is 1.68. The SMILES string of the molecule is CCCCc1nc(Cl)c(C=O)n1Cc1ccc(-c2nc3ccccn3c2C(=O)O)cc1. The van der Waals surface area contributed by atoms with Crippen LogP contribution in [0.25, 0.3) is 16.9 Å². The molecule has 0 amide bonds. The lowest BCUT2D eigenvalue weighted by Gasteiger charge is -2.10. The van der Waals surface area contributed by atoms with E-state index >= 15 is 0 Å². The van der Waals surface area contributed by atoms with Gasteiger partial charge in [-0.1, -0.05) is 55.3 Å². The van der Waals surface area contributed by atoms with E-state index in [0.717, 1.165) is 36.9 Å². The number of benzene rings is 1. The Morgan fingerprint density at radius 3 is 2.61 bits per heavy atom. The monoisotopic (exact) mass is 436 g/mol. The summed E-state index contributed by atoms with van der Waals surface area (Å²) in [6, 6.07) is 12.8. The van der Waals surface area contributed by atoms with E-state index in [1.54, 1.807) is 22.7 Å². The van der Waals surface area contributed by atoms with Gasteiger partial charge in [-0.05, 0) is 24.1 Å². The molecule has 3 aromatic heterocycles. The molecule has 1 aromatic carbocycles. The molecule has 0 aliphatic carbocycles. The molecule has 0 unspecified atom stereocenters. The first kappa shape index (κ1) is 20.8. The lowest BCUT2D eigenvalue weighted by molar-refractivity contribution is 0.0690. The molecule has 31 heavy (non-hydrogen) atoms. The van der Waals surface area contributed by atoms with Crippen LogP contribution >= 0.6 is 11.6 Å². The number of aldehydes is 1. The molecular formula is C23H21ClN4O3.